The molecule has 1 aliphatic carbocycles. The van der Waals surface area contributed by atoms with Crippen molar-refractivity contribution in [2.24, 2.45) is 0 Å². The van der Waals surface area contributed by atoms with Gasteiger partial charge in [-0.15, -0.1) is 0 Å². The lowest BCUT2D eigenvalue weighted by atomic mass is 9.93. The topological polar surface area (TPSA) is 0 Å². The van der Waals surface area contributed by atoms with Gasteiger partial charge in [0.1, 0.15) is 0 Å². The Morgan fingerprint density at radius 3 is 2.32 bits per heavy atom. The van der Waals surface area contributed by atoms with E-state index >= 15 is 0 Å². The van der Waals surface area contributed by atoms with Gasteiger partial charge in [0.15, 0.2) is 0 Å². The molecule has 0 nitrogen and oxygen atoms in total. The molecule has 96 valence electrons. The number of allylic oxidation sites excluding steroid dienone is 1. The fourth-order valence-corrected chi connectivity index (χ4v) is 3.70. The average molecular weight is 313 g/mol. The van der Waals surface area contributed by atoms with Gasteiger partial charge in [0.25, 0.3) is 0 Å². The summed E-state index contributed by atoms with van der Waals surface area (Å²) in [5.41, 5.74) is 9.74. The molecular formula is C18H17Br. The number of benzene rings is 2. The summed E-state index contributed by atoms with van der Waals surface area (Å²) in [5.74, 6) is 0. The Morgan fingerprint density at radius 2 is 1.68 bits per heavy atom. The van der Waals surface area contributed by atoms with Crippen LogP contribution in [0.1, 0.15) is 33.4 Å². The van der Waals surface area contributed by atoms with Gasteiger partial charge in [-0.05, 0) is 66.6 Å². The van der Waals surface area contributed by atoms with Gasteiger partial charge in [-0.1, -0.05) is 51.8 Å². The van der Waals surface area contributed by atoms with Crippen LogP contribution in [0.5, 0.6) is 0 Å². The molecule has 0 saturated carbocycles. The van der Waals surface area contributed by atoms with E-state index in [1.807, 2.05) is 0 Å². The van der Waals surface area contributed by atoms with Crippen molar-refractivity contribution in [3.8, 4) is 0 Å². The number of fused-ring (bicyclic) bond motifs is 1. The molecule has 0 N–H and O–H groups in total. The molecule has 2 aromatic carbocycles. The summed E-state index contributed by atoms with van der Waals surface area (Å²) in [6.07, 6.45) is 3.37. The Morgan fingerprint density at radius 1 is 1.00 bits per heavy atom. The molecule has 0 amide bonds. The van der Waals surface area contributed by atoms with Gasteiger partial charge < -0.3 is 0 Å². The largest absolute Gasteiger partial charge is 0.0605 e. The van der Waals surface area contributed by atoms with Gasteiger partial charge in [0.2, 0.25) is 0 Å². The third-order valence-electron chi connectivity index (χ3n) is 3.85. The number of hydrogen-bond donors (Lipinski definition) is 0. The van der Waals surface area contributed by atoms with Gasteiger partial charge in [-0.3, -0.25) is 0 Å². The third kappa shape index (κ3) is 2.17. The van der Waals surface area contributed by atoms with Crippen LogP contribution in [0.2, 0.25) is 0 Å². The number of halogens is 1. The maximum Gasteiger partial charge on any atom is 0.0216 e. The van der Waals surface area contributed by atoms with E-state index in [2.05, 4.69) is 73.1 Å². The molecule has 1 heteroatoms. The summed E-state index contributed by atoms with van der Waals surface area (Å²) in [5, 5.41) is 0. The minimum atomic E-state index is 1.03. The smallest absolute Gasteiger partial charge is 0.0216 e. The lowest BCUT2D eigenvalue weighted by Crippen LogP contribution is -1.95. The van der Waals surface area contributed by atoms with Gasteiger partial charge in [-0.25, -0.2) is 0 Å². The van der Waals surface area contributed by atoms with Crippen molar-refractivity contribution in [2.75, 3.05) is 0 Å². The first kappa shape index (κ1) is 12.7. The van der Waals surface area contributed by atoms with Crippen molar-refractivity contribution in [2.45, 2.75) is 27.2 Å². The summed E-state index contributed by atoms with van der Waals surface area (Å²) >= 11 is 3.66. The quantitative estimate of drug-likeness (QED) is 0.655. The molecule has 2 aromatic rings. The van der Waals surface area contributed by atoms with Crippen LogP contribution in [0.3, 0.4) is 0 Å². The second-order valence-electron chi connectivity index (χ2n) is 5.43. The van der Waals surface area contributed by atoms with Gasteiger partial charge in [-0.2, -0.15) is 0 Å². The van der Waals surface area contributed by atoms with E-state index in [1.54, 1.807) is 0 Å². The van der Waals surface area contributed by atoms with Crippen LogP contribution in [-0.2, 0) is 6.42 Å². The summed E-state index contributed by atoms with van der Waals surface area (Å²) in [4.78, 5) is 0. The molecule has 0 aromatic heterocycles. The highest BCUT2D eigenvalue weighted by Crippen LogP contribution is 2.37. The van der Waals surface area contributed by atoms with Crippen LogP contribution in [0, 0.1) is 20.8 Å². The second-order valence-corrected chi connectivity index (χ2v) is 6.28. The van der Waals surface area contributed by atoms with Crippen LogP contribution in [0.25, 0.3) is 11.6 Å². The van der Waals surface area contributed by atoms with E-state index in [0.717, 1.165) is 6.42 Å². The minimum absolute atomic E-state index is 1.03. The number of hydrogen-bond acceptors (Lipinski definition) is 0. The molecule has 19 heavy (non-hydrogen) atoms. The monoisotopic (exact) mass is 312 g/mol. The Kier molecular flexibility index (Phi) is 3.10. The van der Waals surface area contributed by atoms with Crippen molar-refractivity contribution in [1.29, 1.82) is 0 Å². The molecule has 0 radical (unpaired) electrons. The van der Waals surface area contributed by atoms with Crippen molar-refractivity contribution in [1.82, 2.24) is 0 Å². The number of rotatable bonds is 1. The highest BCUT2D eigenvalue weighted by atomic mass is 79.9. The Bertz CT molecular complexity index is 670. The molecular weight excluding hydrogens is 296 g/mol. The summed E-state index contributed by atoms with van der Waals surface area (Å²) < 4.78 is 1.22. The van der Waals surface area contributed by atoms with Crippen molar-refractivity contribution >= 4 is 27.6 Å². The zero-order chi connectivity index (χ0) is 13.6. The summed E-state index contributed by atoms with van der Waals surface area (Å²) in [6, 6.07) is 11.0. The van der Waals surface area contributed by atoms with E-state index in [0.29, 0.717) is 0 Å². The highest BCUT2D eigenvalue weighted by molar-refractivity contribution is 9.10. The van der Waals surface area contributed by atoms with E-state index in [4.69, 9.17) is 0 Å². The average Bonchev–Trinajstić information content (AvgIpc) is 2.72. The molecule has 0 spiro atoms. The third-order valence-corrected chi connectivity index (χ3v) is 4.59. The van der Waals surface area contributed by atoms with E-state index in [9.17, 15) is 0 Å². The molecule has 0 bridgehead atoms. The molecule has 0 aliphatic heterocycles. The highest BCUT2D eigenvalue weighted by Gasteiger charge is 2.18. The van der Waals surface area contributed by atoms with Crippen LogP contribution in [0.15, 0.2) is 34.8 Å². The first-order valence-corrected chi connectivity index (χ1v) is 7.42. The van der Waals surface area contributed by atoms with Gasteiger partial charge in [0.05, 0.1) is 0 Å². The Hall–Kier alpha value is -1.34. The molecule has 0 fully saturated rings. The first-order valence-electron chi connectivity index (χ1n) is 6.62. The fraction of sp³-hybridized carbons (Fsp3) is 0.222. The maximum absolute atomic E-state index is 3.66. The van der Waals surface area contributed by atoms with Crippen LogP contribution in [-0.4, -0.2) is 0 Å². The zero-order valence-electron chi connectivity index (χ0n) is 11.5. The molecule has 3 rings (SSSR count). The first-order chi connectivity index (χ1) is 9.06. The van der Waals surface area contributed by atoms with E-state index < -0.39 is 0 Å². The fourth-order valence-electron chi connectivity index (χ4n) is 3.17. The second kappa shape index (κ2) is 4.64. The Labute approximate surface area is 123 Å². The SMILES string of the molecule is Cc1cc(C)c(C2=Cc3cccc(Br)c3C2)c(C)c1. The molecule has 0 saturated heterocycles. The molecule has 0 unspecified atom stereocenters. The Balaban J connectivity index is 2.11. The van der Waals surface area contributed by atoms with E-state index in [-0.39, 0.29) is 0 Å². The maximum atomic E-state index is 3.66. The standard InChI is InChI=1S/C18H17Br/c1-11-7-12(2)18(13(3)8-11)15-9-14-5-4-6-17(19)16(14)10-15/h4-9H,10H2,1-3H3. The van der Waals surface area contributed by atoms with Crippen molar-refractivity contribution in [3.63, 3.8) is 0 Å². The van der Waals surface area contributed by atoms with Crippen LogP contribution >= 0.6 is 15.9 Å². The molecule has 0 heterocycles. The van der Waals surface area contributed by atoms with Gasteiger partial charge in [0, 0.05) is 4.47 Å². The van der Waals surface area contributed by atoms with E-state index in [1.165, 1.54) is 43.4 Å². The summed E-state index contributed by atoms with van der Waals surface area (Å²) in [6.45, 7) is 6.60. The molecule has 0 atom stereocenters. The molecule has 1 aliphatic rings. The lowest BCUT2D eigenvalue weighted by Gasteiger charge is -2.12. The van der Waals surface area contributed by atoms with Gasteiger partial charge >= 0.3 is 0 Å². The predicted octanol–water partition coefficient (Wildman–Crippen LogP) is 5.47. The normalized spacial score (nSPS) is 13.4. The van der Waals surface area contributed by atoms with Crippen molar-refractivity contribution in [3.05, 3.63) is 68.2 Å². The number of aryl methyl sites for hydroxylation is 3. The predicted molar refractivity (Wildman–Crippen MR) is 86.4 cm³/mol. The van der Waals surface area contributed by atoms with Crippen LogP contribution < -0.4 is 0 Å². The minimum Gasteiger partial charge on any atom is -0.0605 e. The van der Waals surface area contributed by atoms with Crippen LogP contribution in [0.4, 0.5) is 0 Å². The zero-order valence-corrected chi connectivity index (χ0v) is 13.1. The lowest BCUT2D eigenvalue weighted by molar-refractivity contribution is 1.24. The summed E-state index contributed by atoms with van der Waals surface area (Å²) in [7, 11) is 0. The van der Waals surface area contributed by atoms with Crippen molar-refractivity contribution < 1.29 is 0 Å².